The number of esters is 2. The van der Waals surface area contributed by atoms with Crippen LogP contribution in [-0.2, 0) is 19.1 Å². The zero-order valence-electron chi connectivity index (χ0n) is 14.0. The van der Waals surface area contributed by atoms with Gasteiger partial charge >= 0.3 is 11.9 Å². The summed E-state index contributed by atoms with van der Waals surface area (Å²) in [5.41, 5.74) is -0.477. The van der Waals surface area contributed by atoms with Gasteiger partial charge in [0.05, 0.1) is 19.1 Å². The molecular weight excluding hydrogens is 284 g/mol. The van der Waals surface area contributed by atoms with Gasteiger partial charge in [0, 0.05) is 6.42 Å². The molecule has 126 valence electrons. The average molecular weight is 312 g/mol. The maximum atomic E-state index is 11.8. The first-order valence-corrected chi connectivity index (χ1v) is 7.87. The Kier molecular flexibility index (Phi) is 7.07. The predicted octanol–water partition coefficient (Wildman–Crippen LogP) is 2.61. The van der Waals surface area contributed by atoms with E-state index in [1.54, 1.807) is 0 Å². The van der Waals surface area contributed by atoms with E-state index >= 15 is 0 Å². The van der Waals surface area contributed by atoms with Crippen LogP contribution in [0.2, 0.25) is 0 Å². The highest BCUT2D eigenvalue weighted by molar-refractivity contribution is 5.76. The smallest absolute Gasteiger partial charge is 0.309 e. The topological polar surface area (TPSA) is 72.8 Å². The van der Waals surface area contributed by atoms with Crippen molar-refractivity contribution in [2.75, 3.05) is 7.11 Å². The van der Waals surface area contributed by atoms with E-state index in [9.17, 15) is 14.7 Å². The molecule has 1 fully saturated rings. The number of aliphatic hydroxyl groups excluding tert-OH is 1. The molecule has 0 unspecified atom stereocenters. The second-order valence-electron chi connectivity index (χ2n) is 6.78. The normalized spacial score (nSPS) is 22.4. The largest absolute Gasteiger partial charge is 0.469 e. The Bertz CT molecular complexity index is 408. The molecule has 1 aliphatic carbocycles. The summed E-state index contributed by atoms with van der Waals surface area (Å²) >= 11 is 0. The minimum Gasteiger partial charge on any atom is -0.469 e. The van der Waals surface area contributed by atoms with Crippen molar-refractivity contribution < 1.29 is 24.2 Å². The number of hydrogen-bond donors (Lipinski definition) is 1. The van der Waals surface area contributed by atoms with Gasteiger partial charge in [-0.15, -0.1) is 0 Å². The van der Waals surface area contributed by atoms with Crippen LogP contribution in [0.5, 0.6) is 0 Å². The molecule has 0 aliphatic heterocycles. The molecular formula is C17H28O5. The first kappa shape index (κ1) is 18.7. The average Bonchev–Trinajstić information content (AvgIpc) is 3.20. The van der Waals surface area contributed by atoms with E-state index in [2.05, 4.69) is 4.74 Å². The number of unbranched alkanes of at least 4 members (excludes halogenated alkanes) is 1. The van der Waals surface area contributed by atoms with Gasteiger partial charge in [-0.3, -0.25) is 9.59 Å². The second-order valence-corrected chi connectivity index (χ2v) is 6.78. The molecule has 3 atom stereocenters. The Morgan fingerprint density at radius 3 is 2.59 bits per heavy atom. The second kappa shape index (κ2) is 8.32. The summed E-state index contributed by atoms with van der Waals surface area (Å²) in [4.78, 5) is 22.8. The standard InChI is InChI=1S/C17H28O5/c1-17(2,3)22-16(20)13-11-12(13)14(18)9-7-5-6-8-10-15(19)21-4/h5,7,12-14,18H,6,8-11H2,1-4H3/b7-5-/t12-,13-,14+/m1/s1. The fourth-order valence-electron chi connectivity index (χ4n) is 2.28. The Morgan fingerprint density at radius 1 is 1.32 bits per heavy atom. The summed E-state index contributed by atoms with van der Waals surface area (Å²) in [5.74, 6) is -0.568. The van der Waals surface area contributed by atoms with Crippen LogP contribution >= 0.6 is 0 Å². The molecule has 0 spiro atoms. The maximum Gasteiger partial charge on any atom is 0.309 e. The van der Waals surface area contributed by atoms with Gasteiger partial charge in [-0.25, -0.2) is 0 Å². The number of carbonyl (C=O) groups excluding carboxylic acids is 2. The molecule has 0 aromatic carbocycles. The molecule has 0 aromatic rings. The number of aliphatic hydroxyl groups is 1. The van der Waals surface area contributed by atoms with Crippen LogP contribution in [0.1, 0.15) is 52.9 Å². The van der Waals surface area contributed by atoms with E-state index in [4.69, 9.17) is 4.74 Å². The maximum absolute atomic E-state index is 11.8. The molecule has 0 amide bonds. The van der Waals surface area contributed by atoms with Crippen LogP contribution in [0.4, 0.5) is 0 Å². The first-order chi connectivity index (χ1) is 10.2. The number of allylic oxidation sites excluding steroid dienone is 1. The van der Waals surface area contributed by atoms with E-state index in [-0.39, 0.29) is 23.8 Å². The summed E-state index contributed by atoms with van der Waals surface area (Å²) in [5, 5.41) is 10.1. The third-order valence-corrected chi connectivity index (χ3v) is 3.57. The quantitative estimate of drug-likeness (QED) is 0.424. The minimum absolute atomic E-state index is 0.00886. The van der Waals surface area contributed by atoms with Crippen molar-refractivity contribution in [3.05, 3.63) is 12.2 Å². The van der Waals surface area contributed by atoms with Crippen LogP contribution < -0.4 is 0 Å². The minimum atomic E-state index is -0.505. The Balaban J connectivity index is 2.18. The van der Waals surface area contributed by atoms with Crippen molar-refractivity contribution in [1.29, 1.82) is 0 Å². The van der Waals surface area contributed by atoms with Gasteiger partial charge in [0.25, 0.3) is 0 Å². The summed E-state index contributed by atoms with van der Waals surface area (Å²) in [6.07, 6.45) is 6.52. The summed E-state index contributed by atoms with van der Waals surface area (Å²) in [6.45, 7) is 5.53. The molecule has 0 bridgehead atoms. The van der Waals surface area contributed by atoms with Gasteiger partial charge in [0.2, 0.25) is 0 Å². The molecule has 1 saturated carbocycles. The fraction of sp³-hybridized carbons (Fsp3) is 0.765. The lowest BCUT2D eigenvalue weighted by Gasteiger charge is -2.19. The fourth-order valence-corrected chi connectivity index (χ4v) is 2.28. The summed E-state index contributed by atoms with van der Waals surface area (Å²) < 4.78 is 9.88. The Morgan fingerprint density at radius 2 is 2.00 bits per heavy atom. The molecule has 0 saturated heterocycles. The van der Waals surface area contributed by atoms with Crippen molar-refractivity contribution in [3.8, 4) is 0 Å². The molecule has 22 heavy (non-hydrogen) atoms. The van der Waals surface area contributed by atoms with Gasteiger partial charge in [-0.1, -0.05) is 12.2 Å². The van der Waals surface area contributed by atoms with Crippen LogP contribution in [0.25, 0.3) is 0 Å². The highest BCUT2D eigenvalue weighted by Gasteiger charge is 2.48. The van der Waals surface area contributed by atoms with Crippen LogP contribution in [0, 0.1) is 11.8 Å². The van der Waals surface area contributed by atoms with E-state index in [1.807, 2.05) is 32.9 Å². The highest BCUT2D eigenvalue weighted by Crippen LogP contribution is 2.43. The van der Waals surface area contributed by atoms with E-state index in [1.165, 1.54) is 7.11 Å². The first-order valence-electron chi connectivity index (χ1n) is 7.87. The van der Waals surface area contributed by atoms with Gasteiger partial charge in [0.1, 0.15) is 5.60 Å². The van der Waals surface area contributed by atoms with Gasteiger partial charge in [-0.2, -0.15) is 0 Å². The molecule has 1 rings (SSSR count). The molecule has 1 aliphatic rings. The summed E-state index contributed by atoms with van der Waals surface area (Å²) in [6, 6.07) is 0. The summed E-state index contributed by atoms with van der Waals surface area (Å²) in [7, 11) is 1.38. The van der Waals surface area contributed by atoms with Crippen molar-refractivity contribution >= 4 is 11.9 Å². The Labute approximate surface area is 132 Å². The third-order valence-electron chi connectivity index (χ3n) is 3.57. The van der Waals surface area contributed by atoms with E-state index in [0.717, 1.165) is 12.8 Å². The zero-order valence-corrected chi connectivity index (χ0v) is 14.0. The SMILES string of the molecule is COC(=O)CCC/C=C\C[C@H](O)[C@@H]1C[C@H]1C(=O)OC(C)(C)C. The number of rotatable bonds is 8. The van der Waals surface area contributed by atoms with E-state index < -0.39 is 11.7 Å². The number of carbonyl (C=O) groups is 2. The van der Waals surface area contributed by atoms with Crippen molar-refractivity contribution in [2.24, 2.45) is 11.8 Å². The van der Waals surface area contributed by atoms with Gasteiger partial charge in [-0.05, 0) is 52.4 Å². The molecule has 5 nitrogen and oxygen atoms in total. The van der Waals surface area contributed by atoms with Crippen LogP contribution in [-0.4, -0.2) is 35.9 Å². The number of hydrogen-bond acceptors (Lipinski definition) is 5. The number of methoxy groups -OCH3 is 1. The molecule has 5 heteroatoms. The van der Waals surface area contributed by atoms with Crippen LogP contribution in [0.3, 0.4) is 0 Å². The lowest BCUT2D eigenvalue weighted by molar-refractivity contribution is -0.157. The van der Waals surface area contributed by atoms with Crippen molar-refractivity contribution in [1.82, 2.24) is 0 Å². The zero-order chi connectivity index (χ0) is 16.8. The Hall–Kier alpha value is -1.36. The third kappa shape index (κ3) is 7.07. The lowest BCUT2D eigenvalue weighted by Crippen LogP contribution is -2.26. The number of ether oxygens (including phenoxy) is 2. The predicted molar refractivity (Wildman–Crippen MR) is 83.1 cm³/mol. The lowest BCUT2D eigenvalue weighted by atomic mass is 10.1. The van der Waals surface area contributed by atoms with Gasteiger partial charge in [0.15, 0.2) is 0 Å². The van der Waals surface area contributed by atoms with Crippen molar-refractivity contribution in [2.45, 2.75) is 64.6 Å². The van der Waals surface area contributed by atoms with Crippen LogP contribution in [0.15, 0.2) is 12.2 Å². The highest BCUT2D eigenvalue weighted by atomic mass is 16.6. The molecule has 1 N–H and O–H groups in total. The molecule has 0 heterocycles. The monoisotopic (exact) mass is 312 g/mol. The van der Waals surface area contributed by atoms with Gasteiger partial charge < -0.3 is 14.6 Å². The van der Waals surface area contributed by atoms with Crippen molar-refractivity contribution in [3.63, 3.8) is 0 Å². The molecule has 0 radical (unpaired) electrons. The molecule has 0 aromatic heterocycles. The van der Waals surface area contributed by atoms with E-state index in [0.29, 0.717) is 19.3 Å².